The maximum absolute atomic E-state index is 12.1. The van der Waals surface area contributed by atoms with Gasteiger partial charge in [0.25, 0.3) is 11.6 Å². The first-order valence-electron chi connectivity index (χ1n) is 10.2. The Bertz CT molecular complexity index is 941. The number of non-ortho nitro benzene ring substituents is 1. The Morgan fingerprint density at radius 2 is 1.71 bits per heavy atom. The molecule has 0 unspecified atom stereocenters. The zero-order valence-electron chi connectivity index (χ0n) is 17.5. The SMILES string of the molecule is CN1CCN(Cc2cccc(CNC(=O)CNC(=O)c3cccc([N+](=O)[O-])c3)c2)CC1. The number of hydrogen-bond acceptors (Lipinski definition) is 6. The molecule has 1 heterocycles. The lowest BCUT2D eigenvalue weighted by Gasteiger charge is -2.32. The highest BCUT2D eigenvalue weighted by molar-refractivity contribution is 5.96. The van der Waals surface area contributed by atoms with Crippen LogP contribution in [0, 0.1) is 10.1 Å². The van der Waals surface area contributed by atoms with E-state index >= 15 is 0 Å². The van der Waals surface area contributed by atoms with Crippen LogP contribution in [0.2, 0.25) is 0 Å². The maximum Gasteiger partial charge on any atom is 0.270 e. The molecule has 0 saturated carbocycles. The highest BCUT2D eigenvalue weighted by atomic mass is 16.6. The largest absolute Gasteiger partial charge is 0.350 e. The summed E-state index contributed by atoms with van der Waals surface area (Å²) < 4.78 is 0. The molecular weight excluding hydrogens is 398 g/mol. The van der Waals surface area contributed by atoms with Gasteiger partial charge in [-0.25, -0.2) is 0 Å². The van der Waals surface area contributed by atoms with Crippen molar-refractivity contribution in [2.45, 2.75) is 13.1 Å². The molecule has 2 aromatic rings. The quantitative estimate of drug-likeness (QED) is 0.489. The number of nitrogens with zero attached hydrogens (tertiary/aromatic N) is 3. The van der Waals surface area contributed by atoms with E-state index in [4.69, 9.17) is 0 Å². The summed E-state index contributed by atoms with van der Waals surface area (Å²) in [5.74, 6) is -0.865. The van der Waals surface area contributed by atoms with Crippen LogP contribution in [0.25, 0.3) is 0 Å². The van der Waals surface area contributed by atoms with Crippen LogP contribution < -0.4 is 10.6 Å². The van der Waals surface area contributed by atoms with Crippen molar-refractivity contribution in [3.05, 3.63) is 75.3 Å². The fraction of sp³-hybridized carbons (Fsp3) is 0.364. The van der Waals surface area contributed by atoms with Crippen LogP contribution in [0.15, 0.2) is 48.5 Å². The van der Waals surface area contributed by atoms with Crippen molar-refractivity contribution >= 4 is 17.5 Å². The number of piperazine rings is 1. The molecule has 0 spiro atoms. The van der Waals surface area contributed by atoms with Crippen LogP contribution in [0.5, 0.6) is 0 Å². The molecule has 0 atom stereocenters. The third kappa shape index (κ3) is 6.87. The van der Waals surface area contributed by atoms with Crippen LogP contribution in [0.1, 0.15) is 21.5 Å². The number of rotatable bonds is 8. The summed E-state index contributed by atoms with van der Waals surface area (Å²) in [4.78, 5) is 39.2. The summed E-state index contributed by atoms with van der Waals surface area (Å²) in [6.45, 7) is 5.26. The van der Waals surface area contributed by atoms with Gasteiger partial charge in [0.1, 0.15) is 0 Å². The van der Waals surface area contributed by atoms with Gasteiger partial charge < -0.3 is 15.5 Å². The molecule has 1 aliphatic heterocycles. The van der Waals surface area contributed by atoms with Gasteiger partial charge in [-0.3, -0.25) is 24.6 Å². The summed E-state index contributed by atoms with van der Waals surface area (Å²) in [6.07, 6.45) is 0. The molecule has 0 radical (unpaired) electrons. The molecule has 2 N–H and O–H groups in total. The van der Waals surface area contributed by atoms with E-state index in [2.05, 4.69) is 39.6 Å². The number of nitro groups is 1. The summed E-state index contributed by atoms with van der Waals surface area (Å²) in [5, 5.41) is 16.1. The van der Waals surface area contributed by atoms with Crippen molar-refractivity contribution in [1.29, 1.82) is 0 Å². The van der Waals surface area contributed by atoms with Crippen LogP contribution >= 0.6 is 0 Å². The van der Waals surface area contributed by atoms with Gasteiger partial charge in [0.05, 0.1) is 11.5 Å². The topological polar surface area (TPSA) is 108 Å². The molecule has 2 amide bonds. The summed E-state index contributed by atoms with van der Waals surface area (Å²) in [6, 6.07) is 13.5. The van der Waals surface area contributed by atoms with Gasteiger partial charge in [0, 0.05) is 57.0 Å². The lowest BCUT2D eigenvalue weighted by Crippen LogP contribution is -2.43. The smallest absolute Gasteiger partial charge is 0.270 e. The van der Waals surface area contributed by atoms with Gasteiger partial charge >= 0.3 is 0 Å². The average molecular weight is 425 g/mol. The Labute approximate surface area is 181 Å². The van der Waals surface area contributed by atoms with E-state index in [1.807, 2.05) is 12.1 Å². The standard InChI is InChI=1S/C22H27N5O4/c1-25-8-10-26(11-9-25)16-18-5-2-4-17(12-18)14-23-21(28)15-24-22(29)19-6-3-7-20(13-19)27(30)31/h2-7,12-13H,8-11,14-16H2,1H3,(H,23,28)(H,24,29). The third-order valence-electron chi connectivity index (χ3n) is 5.21. The Kier molecular flexibility index (Phi) is 7.69. The predicted molar refractivity (Wildman–Crippen MR) is 116 cm³/mol. The lowest BCUT2D eigenvalue weighted by molar-refractivity contribution is -0.384. The molecule has 0 aliphatic carbocycles. The number of nitrogens with one attached hydrogen (secondary N) is 2. The van der Waals surface area contributed by atoms with Gasteiger partial charge in [0.15, 0.2) is 0 Å². The van der Waals surface area contributed by atoms with Crippen molar-refractivity contribution < 1.29 is 14.5 Å². The Hall–Kier alpha value is -3.30. The molecule has 1 saturated heterocycles. The molecule has 0 aromatic heterocycles. The number of carbonyl (C=O) groups is 2. The number of likely N-dealkylation sites (N-methyl/N-ethyl adjacent to an activating group) is 1. The van der Waals surface area contributed by atoms with E-state index in [0.717, 1.165) is 38.3 Å². The molecule has 2 aromatic carbocycles. The Morgan fingerprint density at radius 3 is 2.45 bits per heavy atom. The Morgan fingerprint density at radius 1 is 1.00 bits per heavy atom. The average Bonchev–Trinajstić information content (AvgIpc) is 2.78. The van der Waals surface area contributed by atoms with Gasteiger partial charge in [0.2, 0.25) is 5.91 Å². The fourth-order valence-corrected chi connectivity index (χ4v) is 3.39. The number of carbonyl (C=O) groups excluding carboxylic acids is 2. The number of amides is 2. The minimum absolute atomic E-state index is 0.138. The van der Waals surface area contributed by atoms with Gasteiger partial charge in [-0.1, -0.05) is 30.3 Å². The molecule has 31 heavy (non-hydrogen) atoms. The van der Waals surface area contributed by atoms with Crippen LogP contribution in [-0.2, 0) is 17.9 Å². The molecule has 0 bridgehead atoms. The summed E-state index contributed by atoms with van der Waals surface area (Å²) in [5.41, 5.74) is 2.16. The van der Waals surface area contributed by atoms with Gasteiger partial charge in [-0.15, -0.1) is 0 Å². The number of benzene rings is 2. The normalized spacial score (nSPS) is 14.7. The van der Waals surface area contributed by atoms with E-state index in [-0.39, 0.29) is 23.7 Å². The minimum atomic E-state index is -0.568. The molecule has 164 valence electrons. The lowest BCUT2D eigenvalue weighted by atomic mass is 10.1. The van der Waals surface area contributed by atoms with Gasteiger partial charge in [-0.05, 0) is 24.2 Å². The zero-order chi connectivity index (χ0) is 22.2. The number of hydrogen-bond donors (Lipinski definition) is 2. The molecule has 9 heteroatoms. The highest BCUT2D eigenvalue weighted by Gasteiger charge is 2.14. The summed E-state index contributed by atoms with van der Waals surface area (Å²) in [7, 11) is 2.13. The molecule has 1 fully saturated rings. The molecular formula is C22H27N5O4. The highest BCUT2D eigenvalue weighted by Crippen LogP contribution is 2.13. The first-order chi connectivity index (χ1) is 14.9. The molecule has 3 rings (SSSR count). The second-order valence-electron chi connectivity index (χ2n) is 7.67. The monoisotopic (exact) mass is 425 g/mol. The van der Waals surface area contributed by atoms with Gasteiger partial charge in [-0.2, -0.15) is 0 Å². The minimum Gasteiger partial charge on any atom is -0.350 e. The van der Waals surface area contributed by atoms with E-state index in [9.17, 15) is 19.7 Å². The first kappa shape index (κ1) is 22.4. The second kappa shape index (κ2) is 10.6. The van der Waals surface area contributed by atoms with E-state index in [1.165, 1.54) is 29.8 Å². The van der Waals surface area contributed by atoms with Crippen LogP contribution in [-0.4, -0.2) is 66.3 Å². The van der Waals surface area contributed by atoms with Crippen molar-refractivity contribution in [2.75, 3.05) is 39.8 Å². The van der Waals surface area contributed by atoms with Crippen molar-refractivity contribution in [3.8, 4) is 0 Å². The van der Waals surface area contributed by atoms with Crippen LogP contribution in [0.4, 0.5) is 5.69 Å². The van der Waals surface area contributed by atoms with Crippen LogP contribution in [0.3, 0.4) is 0 Å². The summed E-state index contributed by atoms with van der Waals surface area (Å²) >= 11 is 0. The first-order valence-corrected chi connectivity index (χ1v) is 10.2. The fourth-order valence-electron chi connectivity index (χ4n) is 3.39. The predicted octanol–water partition coefficient (Wildman–Crippen LogP) is 1.39. The third-order valence-corrected chi connectivity index (χ3v) is 5.21. The maximum atomic E-state index is 12.1. The van der Waals surface area contributed by atoms with Crippen molar-refractivity contribution in [3.63, 3.8) is 0 Å². The van der Waals surface area contributed by atoms with Crippen molar-refractivity contribution in [1.82, 2.24) is 20.4 Å². The molecule has 9 nitrogen and oxygen atoms in total. The molecule has 1 aliphatic rings. The van der Waals surface area contributed by atoms with Crippen molar-refractivity contribution in [2.24, 2.45) is 0 Å². The number of nitro benzene ring substituents is 1. The Balaban J connectivity index is 1.44. The zero-order valence-corrected chi connectivity index (χ0v) is 17.5. The van der Waals surface area contributed by atoms with E-state index < -0.39 is 10.8 Å². The van der Waals surface area contributed by atoms with E-state index in [1.54, 1.807) is 0 Å². The second-order valence-corrected chi connectivity index (χ2v) is 7.67. The van der Waals surface area contributed by atoms with E-state index in [0.29, 0.717) is 6.54 Å².